The smallest absolute Gasteiger partial charge is 0.104 e. The molecule has 1 aromatic carbocycles. The molecule has 0 saturated heterocycles. The average molecular weight is 331 g/mol. The molecule has 0 aliphatic heterocycles. The van der Waals surface area contributed by atoms with Crippen molar-refractivity contribution in [2.24, 2.45) is 0 Å². The van der Waals surface area contributed by atoms with Gasteiger partial charge in [0, 0.05) is 16.0 Å². The Hall–Kier alpha value is -0.400. The molecule has 0 aliphatic carbocycles. The predicted octanol–water partition coefficient (Wildman–Crippen LogP) is 5.15. The number of hydrogen-bond acceptors (Lipinski definition) is 3. The summed E-state index contributed by atoms with van der Waals surface area (Å²) in [6.07, 6.45) is 1.75. The van der Waals surface area contributed by atoms with Crippen molar-refractivity contribution >= 4 is 35.0 Å². The van der Waals surface area contributed by atoms with E-state index >= 15 is 0 Å². The molecule has 1 atom stereocenters. The van der Waals surface area contributed by atoms with Gasteiger partial charge in [-0.05, 0) is 57.6 Å². The number of nitriles is 1. The molecular weight excluding hydrogens is 311 g/mol. The van der Waals surface area contributed by atoms with Crippen molar-refractivity contribution in [1.82, 2.24) is 5.32 Å². The predicted molar refractivity (Wildman–Crippen MR) is 88.7 cm³/mol. The lowest BCUT2D eigenvalue weighted by atomic mass is 9.97. The monoisotopic (exact) mass is 330 g/mol. The summed E-state index contributed by atoms with van der Waals surface area (Å²) >= 11 is 13.8. The summed E-state index contributed by atoms with van der Waals surface area (Å²) in [4.78, 5) is 0.995. The molecule has 110 valence electrons. The van der Waals surface area contributed by atoms with Crippen LogP contribution in [0.5, 0.6) is 0 Å². The highest BCUT2D eigenvalue weighted by atomic mass is 35.5. The maximum Gasteiger partial charge on any atom is 0.104 e. The number of benzene rings is 1. The van der Waals surface area contributed by atoms with Gasteiger partial charge in [-0.2, -0.15) is 5.26 Å². The van der Waals surface area contributed by atoms with Crippen molar-refractivity contribution in [2.45, 2.75) is 50.1 Å². The lowest BCUT2D eigenvalue weighted by molar-refractivity contribution is 0.380. The van der Waals surface area contributed by atoms with Crippen molar-refractivity contribution in [1.29, 1.82) is 5.26 Å². The third kappa shape index (κ3) is 5.93. The molecule has 0 radical (unpaired) electrons. The van der Waals surface area contributed by atoms with Crippen LogP contribution in [0.2, 0.25) is 10.0 Å². The summed E-state index contributed by atoms with van der Waals surface area (Å²) in [6.45, 7) is 6.05. The molecule has 0 saturated carbocycles. The lowest BCUT2D eigenvalue weighted by Gasteiger charge is -2.25. The molecule has 0 aromatic heterocycles. The Balaban J connectivity index is 2.45. The molecule has 1 unspecified atom stereocenters. The van der Waals surface area contributed by atoms with E-state index < -0.39 is 5.54 Å². The van der Waals surface area contributed by atoms with E-state index in [2.05, 4.69) is 25.2 Å². The van der Waals surface area contributed by atoms with E-state index in [4.69, 9.17) is 23.2 Å². The largest absolute Gasteiger partial charge is 0.297 e. The number of rotatable bonds is 7. The van der Waals surface area contributed by atoms with Gasteiger partial charge in [-0.3, -0.25) is 5.32 Å². The number of nitrogens with one attached hydrogen (secondary N) is 1. The van der Waals surface area contributed by atoms with Gasteiger partial charge < -0.3 is 0 Å². The SMILES string of the molecule is CC(C)NC(C)(C#N)CCCSc1cc(Cl)ccc1Cl. The molecule has 0 bridgehead atoms. The fraction of sp³-hybridized carbons (Fsp3) is 0.533. The first-order valence-corrected chi connectivity index (χ1v) is 8.37. The van der Waals surface area contributed by atoms with Gasteiger partial charge in [0.1, 0.15) is 5.54 Å². The maximum absolute atomic E-state index is 9.27. The number of thioether (sulfide) groups is 1. The zero-order chi connectivity index (χ0) is 15.2. The van der Waals surface area contributed by atoms with Gasteiger partial charge in [-0.1, -0.05) is 23.2 Å². The van der Waals surface area contributed by atoms with Crippen LogP contribution in [-0.2, 0) is 0 Å². The van der Waals surface area contributed by atoms with E-state index in [9.17, 15) is 5.26 Å². The van der Waals surface area contributed by atoms with Crippen LogP contribution < -0.4 is 5.32 Å². The van der Waals surface area contributed by atoms with Crippen LogP contribution in [0.1, 0.15) is 33.6 Å². The van der Waals surface area contributed by atoms with Crippen LogP contribution in [0, 0.1) is 11.3 Å². The molecule has 0 spiro atoms. The summed E-state index contributed by atoms with van der Waals surface area (Å²) in [5.41, 5.74) is -0.465. The average Bonchev–Trinajstić information content (AvgIpc) is 2.38. The van der Waals surface area contributed by atoms with E-state index in [1.165, 1.54) is 0 Å². The minimum absolute atomic E-state index is 0.301. The summed E-state index contributed by atoms with van der Waals surface area (Å²) in [5, 5.41) is 14.0. The minimum Gasteiger partial charge on any atom is -0.297 e. The highest BCUT2D eigenvalue weighted by Gasteiger charge is 2.23. The van der Waals surface area contributed by atoms with Crippen molar-refractivity contribution in [3.05, 3.63) is 28.2 Å². The maximum atomic E-state index is 9.27. The Labute approximate surface area is 135 Å². The summed E-state index contributed by atoms with van der Waals surface area (Å²) in [5.74, 6) is 0.914. The second-order valence-corrected chi connectivity index (χ2v) is 7.25. The molecule has 2 nitrogen and oxygen atoms in total. The molecular formula is C15H20Cl2N2S. The Morgan fingerprint density at radius 1 is 1.40 bits per heavy atom. The first-order chi connectivity index (χ1) is 9.36. The molecule has 0 aliphatic rings. The molecule has 0 amide bonds. The molecule has 0 fully saturated rings. The minimum atomic E-state index is -0.465. The lowest BCUT2D eigenvalue weighted by Crippen LogP contribution is -2.44. The van der Waals surface area contributed by atoms with Crippen molar-refractivity contribution in [3.8, 4) is 6.07 Å². The second kappa shape index (κ2) is 8.14. The first kappa shape index (κ1) is 17.7. The third-order valence-electron chi connectivity index (χ3n) is 2.83. The van der Waals surface area contributed by atoms with Crippen molar-refractivity contribution in [2.75, 3.05) is 5.75 Å². The van der Waals surface area contributed by atoms with Gasteiger partial charge in [0.05, 0.1) is 11.1 Å². The molecule has 0 heterocycles. The van der Waals surface area contributed by atoms with E-state index in [0.717, 1.165) is 28.5 Å². The Kier molecular flexibility index (Phi) is 7.19. The van der Waals surface area contributed by atoms with E-state index in [1.54, 1.807) is 17.8 Å². The number of hydrogen-bond donors (Lipinski definition) is 1. The first-order valence-electron chi connectivity index (χ1n) is 6.63. The Morgan fingerprint density at radius 3 is 2.70 bits per heavy atom. The van der Waals surface area contributed by atoms with Crippen LogP contribution in [0.4, 0.5) is 0 Å². The van der Waals surface area contributed by atoms with Gasteiger partial charge in [0.2, 0.25) is 0 Å². The zero-order valence-corrected chi connectivity index (χ0v) is 14.4. The molecule has 1 N–H and O–H groups in total. The fourth-order valence-electron chi connectivity index (χ4n) is 1.99. The molecule has 5 heteroatoms. The summed E-state index contributed by atoms with van der Waals surface area (Å²) < 4.78 is 0. The van der Waals surface area contributed by atoms with E-state index in [0.29, 0.717) is 11.1 Å². The molecule has 20 heavy (non-hydrogen) atoms. The van der Waals surface area contributed by atoms with Crippen LogP contribution in [0.15, 0.2) is 23.1 Å². The van der Waals surface area contributed by atoms with Crippen LogP contribution in [-0.4, -0.2) is 17.3 Å². The quantitative estimate of drug-likeness (QED) is 0.555. The van der Waals surface area contributed by atoms with E-state index in [-0.39, 0.29) is 0 Å². The van der Waals surface area contributed by atoms with Crippen molar-refractivity contribution < 1.29 is 0 Å². The van der Waals surface area contributed by atoms with E-state index in [1.807, 2.05) is 19.1 Å². The van der Waals surface area contributed by atoms with Crippen molar-refractivity contribution in [3.63, 3.8) is 0 Å². The van der Waals surface area contributed by atoms with Gasteiger partial charge in [0.15, 0.2) is 0 Å². The number of nitrogens with zero attached hydrogens (tertiary/aromatic N) is 1. The summed E-state index contributed by atoms with van der Waals surface area (Å²) in [6, 6.07) is 8.14. The number of halogens is 2. The molecule has 1 rings (SSSR count). The Bertz CT molecular complexity index is 485. The van der Waals surface area contributed by atoms with Crippen LogP contribution >= 0.6 is 35.0 Å². The normalized spacial score (nSPS) is 14.1. The standard InChI is InChI=1S/C15H20Cl2N2S/c1-11(2)19-15(3,10-18)7-4-8-20-14-9-12(16)5-6-13(14)17/h5-6,9,11,19H,4,7-8H2,1-3H3. The zero-order valence-electron chi connectivity index (χ0n) is 12.0. The highest BCUT2D eigenvalue weighted by molar-refractivity contribution is 7.99. The van der Waals surface area contributed by atoms with Gasteiger partial charge in [-0.25, -0.2) is 0 Å². The second-order valence-electron chi connectivity index (χ2n) is 5.27. The summed E-state index contributed by atoms with van der Waals surface area (Å²) in [7, 11) is 0. The van der Waals surface area contributed by atoms with Gasteiger partial charge in [0.25, 0.3) is 0 Å². The third-order valence-corrected chi connectivity index (χ3v) is 4.64. The highest BCUT2D eigenvalue weighted by Crippen LogP contribution is 2.30. The Morgan fingerprint density at radius 2 is 2.10 bits per heavy atom. The van der Waals surface area contributed by atoms with Gasteiger partial charge >= 0.3 is 0 Å². The van der Waals surface area contributed by atoms with Gasteiger partial charge in [-0.15, -0.1) is 11.8 Å². The topological polar surface area (TPSA) is 35.8 Å². The fourth-order valence-corrected chi connectivity index (χ4v) is 3.44. The van der Waals surface area contributed by atoms with Crippen LogP contribution in [0.25, 0.3) is 0 Å². The van der Waals surface area contributed by atoms with Crippen LogP contribution in [0.3, 0.4) is 0 Å². The molecule has 1 aromatic rings.